The van der Waals surface area contributed by atoms with E-state index in [2.05, 4.69) is 27.8 Å². The lowest BCUT2D eigenvalue weighted by Gasteiger charge is -2.22. The average Bonchev–Trinajstić information content (AvgIpc) is 3.14. The quantitative estimate of drug-likeness (QED) is 0.932. The van der Waals surface area contributed by atoms with E-state index < -0.39 is 0 Å². The van der Waals surface area contributed by atoms with Crippen LogP contribution >= 0.6 is 0 Å². The highest BCUT2D eigenvalue weighted by Crippen LogP contribution is 2.30. The van der Waals surface area contributed by atoms with Crippen LogP contribution in [0.1, 0.15) is 32.6 Å². The first-order chi connectivity index (χ1) is 9.74. The smallest absolute Gasteiger partial charge is 0.146 e. The normalized spacial score (nSPS) is 17.3. The van der Waals surface area contributed by atoms with Gasteiger partial charge in [-0.1, -0.05) is 12.8 Å². The minimum absolute atomic E-state index is 0.244. The summed E-state index contributed by atoms with van der Waals surface area (Å²) in [5, 5.41) is 14.3. The Morgan fingerprint density at radius 3 is 2.85 bits per heavy atom. The van der Waals surface area contributed by atoms with Crippen molar-refractivity contribution in [2.45, 2.75) is 38.6 Å². The van der Waals surface area contributed by atoms with E-state index in [1.807, 2.05) is 0 Å². The number of anilines is 1. The Labute approximate surface area is 117 Å². The largest absolute Gasteiger partial charge is 0.380 e. The second-order valence-corrected chi connectivity index (χ2v) is 5.40. The lowest BCUT2D eigenvalue weighted by Crippen LogP contribution is -2.24. The van der Waals surface area contributed by atoms with Crippen molar-refractivity contribution in [1.29, 1.82) is 0 Å². The lowest BCUT2D eigenvalue weighted by molar-refractivity contribution is 0.479. The van der Waals surface area contributed by atoms with Crippen LogP contribution < -0.4 is 5.32 Å². The van der Waals surface area contributed by atoms with Crippen molar-refractivity contribution in [3.05, 3.63) is 30.3 Å². The molecule has 0 saturated heterocycles. The summed E-state index contributed by atoms with van der Waals surface area (Å²) in [5.41, 5.74) is 1.26. The molecule has 0 bridgehead atoms. The first-order valence-corrected chi connectivity index (χ1v) is 7.03. The second kappa shape index (κ2) is 5.56. The molecule has 0 amide bonds. The molecule has 20 heavy (non-hydrogen) atoms. The van der Waals surface area contributed by atoms with Gasteiger partial charge in [-0.3, -0.25) is 0 Å². The Bertz CT molecular complexity index is 563. The fraction of sp³-hybridized carbons (Fsp3) is 0.500. The molecule has 3 rings (SSSR count). The Balaban J connectivity index is 1.79. The van der Waals surface area contributed by atoms with E-state index in [1.165, 1.54) is 42.8 Å². The van der Waals surface area contributed by atoms with E-state index in [4.69, 9.17) is 0 Å². The van der Waals surface area contributed by atoms with E-state index in [0.717, 1.165) is 5.69 Å². The summed E-state index contributed by atoms with van der Waals surface area (Å²) in [7, 11) is 0. The Kier molecular flexibility index (Phi) is 3.62. The molecule has 1 fully saturated rings. The van der Waals surface area contributed by atoms with Crippen LogP contribution in [-0.2, 0) is 0 Å². The maximum Gasteiger partial charge on any atom is 0.146 e. The summed E-state index contributed by atoms with van der Waals surface area (Å²) in [5.74, 6) is 0.387. The highest BCUT2D eigenvalue weighted by molar-refractivity contribution is 5.52. The summed E-state index contributed by atoms with van der Waals surface area (Å²) in [6, 6.07) is 5.13. The van der Waals surface area contributed by atoms with E-state index in [1.54, 1.807) is 12.1 Å². The predicted molar refractivity (Wildman–Crippen MR) is 74.2 cm³/mol. The summed E-state index contributed by atoms with van der Waals surface area (Å²) < 4.78 is 15.5. The highest BCUT2D eigenvalue weighted by atomic mass is 19.1. The van der Waals surface area contributed by atoms with Crippen LogP contribution in [0.2, 0.25) is 0 Å². The zero-order valence-corrected chi connectivity index (χ0v) is 11.5. The van der Waals surface area contributed by atoms with Crippen LogP contribution in [0.3, 0.4) is 0 Å². The number of rotatable bonds is 4. The van der Waals surface area contributed by atoms with Gasteiger partial charge >= 0.3 is 0 Å². The Morgan fingerprint density at radius 2 is 2.15 bits per heavy atom. The van der Waals surface area contributed by atoms with Crippen molar-refractivity contribution in [3.63, 3.8) is 0 Å². The zero-order chi connectivity index (χ0) is 13.9. The molecule has 1 aliphatic carbocycles. The average molecular weight is 275 g/mol. The standard InChI is InChI=1S/C14H18FN5/c1-10(11-4-2-3-5-11)17-14-8-12(6-7-13(14)15)20-9-16-18-19-20/h6-11,17H,2-5H2,1H3. The van der Waals surface area contributed by atoms with Crippen molar-refractivity contribution < 1.29 is 4.39 Å². The number of hydrogen-bond donors (Lipinski definition) is 1. The molecule has 5 nitrogen and oxygen atoms in total. The molecule has 1 atom stereocenters. The van der Waals surface area contributed by atoms with Gasteiger partial charge in [0.15, 0.2) is 0 Å². The molecular formula is C14H18FN5. The topological polar surface area (TPSA) is 55.6 Å². The minimum atomic E-state index is -0.244. The molecule has 0 radical (unpaired) electrons. The van der Waals surface area contributed by atoms with Crippen LogP contribution in [0.4, 0.5) is 10.1 Å². The fourth-order valence-corrected chi connectivity index (χ4v) is 2.87. The molecule has 1 aromatic heterocycles. The third kappa shape index (κ3) is 2.64. The number of halogens is 1. The van der Waals surface area contributed by atoms with Gasteiger partial charge < -0.3 is 5.32 Å². The molecular weight excluding hydrogens is 257 g/mol. The van der Waals surface area contributed by atoms with Gasteiger partial charge in [-0.2, -0.15) is 0 Å². The molecule has 1 aliphatic rings. The van der Waals surface area contributed by atoms with E-state index in [0.29, 0.717) is 11.6 Å². The van der Waals surface area contributed by atoms with Gasteiger partial charge in [0, 0.05) is 6.04 Å². The molecule has 106 valence electrons. The first kappa shape index (κ1) is 13.0. The van der Waals surface area contributed by atoms with E-state index in [-0.39, 0.29) is 11.9 Å². The number of hydrogen-bond acceptors (Lipinski definition) is 4. The zero-order valence-electron chi connectivity index (χ0n) is 11.5. The molecule has 2 aromatic rings. The van der Waals surface area contributed by atoms with Crippen LogP contribution in [0, 0.1) is 11.7 Å². The van der Waals surface area contributed by atoms with E-state index in [9.17, 15) is 4.39 Å². The lowest BCUT2D eigenvalue weighted by atomic mass is 9.99. The maximum absolute atomic E-state index is 13.9. The van der Waals surface area contributed by atoms with Crippen LogP contribution in [0.5, 0.6) is 0 Å². The van der Waals surface area contributed by atoms with Gasteiger partial charge in [-0.25, -0.2) is 9.07 Å². The van der Waals surface area contributed by atoms with Crippen molar-refractivity contribution in [2.75, 3.05) is 5.32 Å². The maximum atomic E-state index is 13.9. The van der Waals surface area contributed by atoms with Crippen molar-refractivity contribution in [3.8, 4) is 5.69 Å². The van der Waals surface area contributed by atoms with Gasteiger partial charge in [0.2, 0.25) is 0 Å². The monoisotopic (exact) mass is 275 g/mol. The molecule has 1 unspecified atom stereocenters. The Morgan fingerprint density at radius 1 is 1.35 bits per heavy atom. The number of nitrogens with one attached hydrogen (secondary N) is 1. The molecule has 1 N–H and O–H groups in total. The van der Waals surface area contributed by atoms with Crippen LogP contribution in [-0.4, -0.2) is 26.2 Å². The summed E-state index contributed by atoms with van der Waals surface area (Å²) >= 11 is 0. The molecule has 1 aromatic carbocycles. The SMILES string of the molecule is CC(Nc1cc(-n2cnnn2)ccc1F)C1CCCC1. The molecule has 0 aliphatic heterocycles. The number of tetrazole rings is 1. The number of nitrogens with zero attached hydrogens (tertiary/aromatic N) is 4. The summed E-state index contributed by atoms with van der Waals surface area (Å²) in [6.45, 7) is 2.12. The molecule has 1 saturated carbocycles. The summed E-state index contributed by atoms with van der Waals surface area (Å²) in [6.07, 6.45) is 6.51. The van der Waals surface area contributed by atoms with Crippen molar-refractivity contribution >= 4 is 5.69 Å². The first-order valence-electron chi connectivity index (χ1n) is 7.03. The molecule has 6 heteroatoms. The van der Waals surface area contributed by atoms with Gasteiger partial charge in [-0.05, 0) is 54.3 Å². The number of aromatic nitrogens is 4. The molecule has 1 heterocycles. The van der Waals surface area contributed by atoms with Crippen molar-refractivity contribution in [2.24, 2.45) is 5.92 Å². The third-order valence-electron chi connectivity index (χ3n) is 4.05. The fourth-order valence-electron chi connectivity index (χ4n) is 2.87. The van der Waals surface area contributed by atoms with Gasteiger partial charge in [0.25, 0.3) is 0 Å². The minimum Gasteiger partial charge on any atom is -0.380 e. The van der Waals surface area contributed by atoms with Gasteiger partial charge in [0.1, 0.15) is 12.1 Å². The van der Waals surface area contributed by atoms with Gasteiger partial charge in [-0.15, -0.1) is 5.10 Å². The van der Waals surface area contributed by atoms with Crippen LogP contribution in [0.15, 0.2) is 24.5 Å². The number of benzene rings is 1. The highest BCUT2D eigenvalue weighted by Gasteiger charge is 2.22. The Hall–Kier alpha value is -1.98. The van der Waals surface area contributed by atoms with E-state index >= 15 is 0 Å². The predicted octanol–water partition coefficient (Wildman–Crippen LogP) is 2.79. The second-order valence-electron chi connectivity index (χ2n) is 5.40. The van der Waals surface area contributed by atoms with Crippen LogP contribution in [0.25, 0.3) is 5.69 Å². The summed E-state index contributed by atoms with van der Waals surface area (Å²) in [4.78, 5) is 0. The third-order valence-corrected chi connectivity index (χ3v) is 4.05. The molecule has 0 spiro atoms. The van der Waals surface area contributed by atoms with Gasteiger partial charge in [0.05, 0.1) is 11.4 Å². The van der Waals surface area contributed by atoms with Crippen molar-refractivity contribution in [1.82, 2.24) is 20.2 Å².